The molecule has 0 radical (unpaired) electrons. The quantitative estimate of drug-likeness (QED) is 0.827. The number of halogens is 3. The summed E-state index contributed by atoms with van der Waals surface area (Å²) in [6.45, 7) is 1.07. The van der Waals surface area contributed by atoms with Gasteiger partial charge in [0.25, 0.3) is 0 Å². The number of ether oxygens (including phenoxy) is 1. The fourth-order valence-electron chi connectivity index (χ4n) is 2.10. The van der Waals surface area contributed by atoms with Gasteiger partial charge in [-0.1, -0.05) is 18.2 Å². The second kappa shape index (κ2) is 8.53. The average Bonchev–Trinajstić information content (AvgIpc) is 2.55. The predicted octanol–water partition coefficient (Wildman–Crippen LogP) is 3.65. The summed E-state index contributed by atoms with van der Waals surface area (Å²) in [6, 6.07) is 13.7. The van der Waals surface area contributed by atoms with Crippen LogP contribution >= 0.6 is 0 Å². The van der Waals surface area contributed by atoms with E-state index in [1.165, 1.54) is 12.1 Å². The first-order valence-electron chi connectivity index (χ1n) is 7.68. The molecule has 1 amide bonds. The first-order valence-corrected chi connectivity index (χ1v) is 7.68. The molecule has 0 aliphatic rings. The number of nitrogens with zero attached hydrogens (tertiary/aromatic N) is 1. The van der Waals surface area contributed by atoms with E-state index in [9.17, 15) is 18.0 Å². The van der Waals surface area contributed by atoms with Crippen LogP contribution in [-0.4, -0.2) is 37.6 Å². The van der Waals surface area contributed by atoms with E-state index in [0.717, 1.165) is 17.9 Å². The molecule has 7 heteroatoms. The van der Waals surface area contributed by atoms with Gasteiger partial charge in [-0.25, -0.2) is 0 Å². The Kier molecular flexibility index (Phi) is 6.41. The highest BCUT2D eigenvalue weighted by Crippen LogP contribution is 2.29. The second-order valence-corrected chi connectivity index (χ2v) is 5.52. The summed E-state index contributed by atoms with van der Waals surface area (Å²) in [6.07, 6.45) is -4.39. The van der Waals surface area contributed by atoms with E-state index in [2.05, 4.69) is 5.32 Å². The normalized spacial score (nSPS) is 11.4. The Bertz CT molecular complexity index is 673. The Balaban J connectivity index is 1.73. The first kappa shape index (κ1) is 18.8. The van der Waals surface area contributed by atoms with E-state index in [0.29, 0.717) is 18.8 Å². The van der Waals surface area contributed by atoms with Crippen molar-refractivity contribution in [3.63, 3.8) is 0 Å². The summed E-state index contributed by atoms with van der Waals surface area (Å²) in [5.74, 6) is 0.451. The van der Waals surface area contributed by atoms with Crippen molar-refractivity contribution in [2.45, 2.75) is 6.18 Å². The summed E-state index contributed by atoms with van der Waals surface area (Å²) in [4.78, 5) is 13.7. The Morgan fingerprint density at radius 2 is 1.72 bits per heavy atom. The van der Waals surface area contributed by atoms with Crippen molar-refractivity contribution < 1.29 is 22.7 Å². The molecule has 25 heavy (non-hydrogen) atoms. The van der Waals surface area contributed by atoms with Crippen LogP contribution in [0.25, 0.3) is 0 Å². The number of para-hydroxylation sites is 1. The maximum atomic E-state index is 12.5. The molecule has 0 saturated carbocycles. The molecule has 134 valence electrons. The van der Waals surface area contributed by atoms with Crippen LogP contribution in [0.1, 0.15) is 5.56 Å². The number of anilines is 1. The van der Waals surface area contributed by atoms with Gasteiger partial charge < -0.3 is 10.1 Å². The van der Waals surface area contributed by atoms with Gasteiger partial charge in [0.05, 0.1) is 12.1 Å². The SMILES string of the molecule is CN(CCOc1ccccc1)CC(=O)Nc1ccc(C(F)(F)F)cc1. The van der Waals surface area contributed by atoms with Crippen molar-refractivity contribution in [2.75, 3.05) is 32.1 Å². The lowest BCUT2D eigenvalue weighted by Gasteiger charge is -2.17. The number of benzene rings is 2. The lowest BCUT2D eigenvalue weighted by atomic mass is 10.2. The van der Waals surface area contributed by atoms with Gasteiger partial charge in [-0.3, -0.25) is 9.69 Å². The monoisotopic (exact) mass is 352 g/mol. The Morgan fingerprint density at radius 1 is 1.08 bits per heavy atom. The smallest absolute Gasteiger partial charge is 0.416 e. The minimum Gasteiger partial charge on any atom is -0.492 e. The largest absolute Gasteiger partial charge is 0.492 e. The summed E-state index contributed by atoms with van der Waals surface area (Å²) in [5.41, 5.74) is -0.424. The van der Waals surface area contributed by atoms with Gasteiger partial charge >= 0.3 is 6.18 Å². The van der Waals surface area contributed by atoms with E-state index < -0.39 is 11.7 Å². The zero-order valence-electron chi connectivity index (χ0n) is 13.7. The van der Waals surface area contributed by atoms with Gasteiger partial charge in [0, 0.05) is 12.2 Å². The molecule has 0 unspecified atom stereocenters. The van der Waals surface area contributed by atoms with Gasteiger partial charge in [-0.2, -0.15) is 13.2 Å². The van der Waals surface area contributed by atoms with Crippen LogP contribution in [0.15, 0.2) is 54.6 Å². The zero-order valence-corrected chi connectivity index (χ0v) is 13.7. The standard InChI is InChI=1S/C18H19F3N2O2/c1-23(11-12-25-16-5-3-2-4-6-16)13-17(24)22-15-9-7-14(8-10-15)18(19,20)21/h2-10H,11-13H2,1H3,(H,22,24). The molecule has 2 rings (SSSR count). The van der Waals surface area contributed by atoms with Crippen molar-refractivity contribution in [2.24, 2.45) is 0 Å². The predicted molar refractivity (Wildman–Crippen MR) is 89.5 cm³/mol. The number of likely N-dealkylation sites (N-methyl/N-ethyl adjacent to an activating group) is 1. The molecule has 0 heterocycles. The third-order valence-corrected chi connectivity index (χ3v) is 3.39. The van der Waals surface area contributed by atoms with Gasteiger partial charge in [-0.05, 0) is 43.4 Å². The van der Waals surface area contributed by atoms with Crippen LogP contribution in [0.3, 0.4) is 0 Å². The fraction of sp³-hybridized carbons (Fsp3) is 0.278. The van der Waals surface area contributed by atoms with Gasteiger partial charge in [0.1, 0.15) is 12.4 Å². The maximum Gasteiger partial charge on any atom is 0.416 e. The van der Waals surface area contributed by atoms with Crippen LogP contribution in [0.2, 0.25) is 0 Å². The van der Waals surface area contributed by atoms with Crippen LogP contribution in [0, 0.1) is 0 Å². The summed E-state index contributed by atoms with van der Waals surface area (Å²) < 4.78 is 43.0. The molecule has 0 atom stereocenters. The van der Waals surface area contributed by atoms with Crippen molar-refractivity contribution in [3.05, 3.63) is 60.2 Å². The highest BCUT2D eigenvalue weighted by molar-refractivity contribution is 5.92. The average molecular weight is 352 g/mol. The Labute approximate surface area is 144 Å². The Hall–Kier alpha value is -2.54. The van der Waals surface area contributed by atoms with Gasteiger partial charge in [-0.15, -0.1) is 0 Å². The molecule has 0 spiro atoms. The lowest BCUT2D eigenvalue weighted by molar-refractivity contribution is -0.137. The number of nitrogens with one attached hydrogen (secondary N) is 1. The molecule has 0 aliphatic carbocycles. The van der Waals surface area contributed by atoms with E-state index in [1.807, 2.05) is 30.3 Å². The van der Waals surface area contributed by atoms with Crippen LogP contribution < -0.4 is 10.1 Å². The number of amides is 1. The highest BCUT2D eigenvalue weighted by atomic mass is 19.4. The molecule has 4 nitrogen and oxygen atoms in total. The van der Waals surface area contributed by atoms with E-state index in [-0.39, 0.29) is 12.5 Å². The Morgan fingerprint density at radius 3 is 2.32 bits per heavy atom. The van der Waals surface area contributed by atoms with Crippen LogP contribution in [0.4, 0.5) is 18.9 Å². The first-order chi connectivity index (χ1) is 11.8. The summed E-state index contributed by atoms with van der Waals surface area (Å²) in [5, 5.41) is 2.57. The summed E-state index contributed by atoms with van der Waals surface area (Å²) >= 11 is 0. The molecule has 0 aliphatic heterocycles. The fourth-order valence-corrected chi connectivity index (χ4v) is 2.10. The number of carbonyl (C=O) groups is 1. The molecule has 2 aromatic rings. The molecule has 1 N–H and O–H groups in total. The van der Waals surface area contributed by atoms with Crippen LogP contribution in [-0.2, 0) is 11.0 Å². The molecule has 0 fully saturated rings. The number of rotatable bonds is 7. The number of hydrogen-bond acceptors (Lipinski definition) is 3. The van der Waals surface area contributed by atoms with E-state index in [4.69, 9.17) is 4.74 Å². The second-order valence-electron chi connectivity index (χ2n) is 5.52. The number of hydrogen-bond donors (Lipinski definition) is 1. The van der Waals surface area contributed by atoms with Crippen molar-refractivity contribution >= 4 is 11.6 Å². The third-order valence-electron chi connectivity index (χ3n) is 3.39. The van der Waals surface area contributed by atoms with E-state index in [1.54, 1.807) is 11.9 Å². The summed E-state index contributed by atoms with van der Waals surface area (Å²) in [7, 11) is 1.76. The molecular formula is C18H19F3N2O2. The highest BCUT2D eigenvalue weighted by Gasteiger charge is 2.29. The van der Waals surface area contributed by atoms with Crippen molar-refractivity contribution in [1.29, 1.82) is 0 Å². The van der Waals surface area contributed by atoms with Crippen LogP contribution in [0.5, 0.6) is 5.75 Å². The molecular weight excluding hydrogens is 333 g/mol. The van der Waals surface area contributed by atoms with Gasteiger partial charge in [0.2, 0.25) is 5.91 Å². The number of alkyl halides is 3. The molecule has 0 bridgehead atoms. The third kappa shape index (κ3) is 6.46. The van der Waals surface area contributed by atoms with Crippen molar-refractivity contribution in [3.8, 4) is 5.75 Å². The molecule has 0 saturated heterocycles. The molecule has 0 aromatic heterocycles. The minimum absolute atomic E-state index is 0.110. The topological polar surface area (TPSA) is 41.6 Å². The van der Waals surface area contributed by atoms with E-state index >= 15 is 0 Å². The molecule has 2 aromatic carbocycles. The van der Waals surface area contributed by atoms with Crippen molar-refractivity contribution in [1.82, 2.24) is 4.90 Å². The van der Waals surface area contributed by atoms with Gasteiger partial charge in [0.15, 0.2) is 0 Å². The lowest BCUT2D eigenvalue weighted by Crippen LogP contribution is -2.33. The maximum absolute atomic E-state index is 12.5. The zero-order chi connectivity index (χ0) is 18.3. The number of carbonyl (C=O) groups excluding carboxylic acids is 1. The minimum atomic E-state index is -4.39.